The topological polar surface area (TPSA) is 17.8 Å². The number of alkyl halides is 1. The number of aromatic nitrogens is 2. The van der Waals surface area contributed by atoms with E-state index < -0.39 is 0 Å². The van der Waals surface area contributed by atoms with Gasteiger partial charge in [-0.05, 0) is 25.0 Å². The molecule has 2 rings (SSSR count). The van der Waals surface area contributed by atoms with Crippen LogP contribution in [0.4, 0.5) is 0 Å². The Balaban J connectivity index is 2.64. The summed E-state index contributed by atoms with van der Waals surface area (Å²) in [4.78, 5) is 4.57. The van der Waals surface area contributed by atoms with Crippen LogP contribution in [0.25, 0.3) is 11.0 Å². The Bertz CT molecular complexity index is 548. The Hall–Kier alpha value is -0.730. The van der Waals surface area contributed by atoms with Crippen LogP contribution in [-0.4, -0.2) is 9.55 Å². The fraction of sp³-hybridized carbons (Fsp3) is 0.500. The van der Waals surface area contributed by atoms with Gasteiger partial charge in [-0.1, -0.05) is 37.9 Å². The van der Waals surface area contributed by atoms with E-state index >= 15 is 0 Å². The molecule has 0 saturated heterocycles. The van der Waals surface area contributed by atoms with Gasteiger partial charge in [0, 0.05) is 6.04 Å². The molecule has 0 aliphatic rings. The number of nitrogens with zero attached hydrogens (tertiary/aromatic N) is 2. The largest absolute Gasteiger partial charge is 0.324 e. The summed E-state index contributed by atoms with van der Waals surface area (Å²) < 4.78 is 2.22. The molecule has 1 heterocycles. The van der Waals surface area contributed by atoms with Gasteiger partial charge < -0.3 is 4.57 Å². The molecule has 18 heavy (non-hydrogen) atoms. The summed E-state index contributed by atoms with van der Waals surface area (Å²) in [6.45, 7) is 6.67. The van der Waals surface area contributed by atoms with Gasteiger partial charge in [-0.2, -0.15) is 0 Å². The van der Waals surface area contributed by atoms with E-state index in [9.17, 15) is 0 Å². The molecule has 2 unspecified atom stereocenters. The number of para-hydroxylation sites is 1. The fourth-order valence-corrected chi connectivity index (χ4v) is 2.68. The van der Waals surface area contributed by atoms with Crippen molar-refractivity contribution in [2.45, 2.75) is 39.1 Å². The van der Waals surface area contributed by atoms with Gasteiger partial charge in [0.05, 0.1) is 16.4 Å². The van der Waals surface area contributed by atoms with Gasteiger partial charge in [-0.25, -0.2) is 4.98 Å². The molecule has 0 saturated carbocycles. The van der Waals surface area contributed by atoms with E-state index in [1.54, 1.807) is 0 Å². The molecular weight excluding hydrogens is 267 g/mol. The Labute approximate surface area is 118 Å². The number of benzene rings is 1. The predicted octanol–water partition coefficient (Wildman–Crippen LogP) is 5.04. The number of halogens is 2. The molecule has 0 bridgehead atoms. The van der Waals surface area contributed by atoms with Crippen LogP contribution in [-0.2, 0) is 5.88 Å². The highest BCUT2D eigenvalue weighted by molar-refractivity contribution is 6.35. The Morgan fingerprint density at radius 3 is 2.67 bits per heavy atom. The highest BCUT2D eigenvalue weighted by Gasteiger charge is 2.20. The minimum Gasteiger partial charge on any atom is -0.324 e. The van der Waals surface area contributed by atoms with E-state index in [0.29, 0.717) is 22.9 Å². The SMILES string of the molecule is CCC(C)C(C)n1c(CCl)nc2c(Cl)cccc21. The molecule has 1 aromatic carbocycles. The maximum absolute atomic E-state index is 6.20. The number of fused-ring (bicyclic) bond motifs is 1. The smallest absolute Gasteiger partial charge is 0.125 e. The lowest BCUT2D eigenvalue weighted by molar-refractivity contribution is 0.371. The molecule has 0 fully saturated rings. The Kier molecular flexibility index (Phi) is 4.18. The van der Waals surface area contributed by atoms with Crippen molar-refractivity contribution in [3.63, 3.8) is 0 Å². The molecule has 0 aliphatic heterocycles. The zero-order chi connectivity index (χ0) is 13.3. The second-order valence-corrected chi connectivity index (χ2v) is 5.44. The lowest BCUT2D eigenvalue weighted by Gasteiger charge is -2.22. The number of hydrogen-bond donors (Lipinski definition) is 0. The number of imidazole rings is 1. The lowest BCUT2D eigenvalue weighted by Crippen LogP contribution is -2.15. The molecule has 0 aliphatic carbocycles. The monoisotopic (exact) mass is 284 g/mol. The average molecular weight is 285 g/mol. The van der Waals surface area contributed by atoms with E-state index in [2.05, 4.69) is 36.4 Å². The van der Waals surface area contributed by atoms with E-state index in [0.717, 1.165) is 23.3 Å². The van der Waals surface area contributed by atoms with Crippen molar-refractivity contribution in [1.29, 1.82) is 0 Å². The average Bonchev–Trinajstić information content (AvgIpc) is 2.76. The summed E-state index contributed by atoms with van der Waals surface area (Å²) in [7, 11) is 0. The zero-order valence-electron chi connectivity index (χ0n) is 11.0. The summed E-state index contributed by atoms with van der Waals surface area (Å²) in [5, 5.41) is 0.689. The summed E-state index contributed by atoms with van der Waals surface area (Å²) in [5.74, 6) is 1.88. The maximum Gasteiger partial charge on any atom is 0.125 e. The molecule has 2 aromatic rings. The van der Waals surface area contributed by atoms with Crippen LogP contribution in [0.3, 0.4) is 0 Å². The van der Waals surface area contributed by atoms with Gasteiger partial charge in [0.1, 0.15) is 11.3 Å². The number of hydrogen-bond acceptors (Lipinski definition) is 1. The summed E-state index contributed by atoms with van der Waals surface area (Å²) in [6.07, 6.45) is 1.13. The summed E-state index contributed by atoms with van der Waals surface area (Å²) in [5.41, 5.74) is 1.93. The van der Waals surface area contributed by atoms with Crippen LogP contribution in [0.1, 0.15) is 39.1 Å². The van der Waals surface area contributed by atoms with Crippen molar-refractivity contribution in [2.24, 2.45) is 5.92 Å². The molecule has 4 heteroatoms. The molecule has 0 spiro atoms. The third kappa shape index (κ3) is 2.24. The second kappa shape index (κ2) is 5.50. The standard InChI is InChI=1S/C14H18Cl2N2/c1-4-9(2)10(3)18-12-7-5-6-11(16)14(12)17-13(18)8-15/h5-7,9-10H,4,8H2,1-3H3. The molecular formula is C14H18Cl2N2. The van der Waals surface area contributed by atoms with Gasteiger partial charge >= 0.3 is 0 Å². The Morgan fingerprint density at radius 2 is 2.06 bits per heavy atom. The highest BCUT2D eigenvalue weighted by atomic mass is 35.5. The minimum atomic E-state index is 0.368. The van der Waals surface area contributed by atoms with E-state index in [-0.39, 0.29) is 0 Å². The first-order valence-corrected chi connectivity index (χ1v) is 7.22. The van der Waals surface area contributed by atoms with Crippen molar-refractivity contribution in [3.05, 3.63) is 29.0 Å². The van der Waals surface area contributed by atoms with Gasteiger partial charge in [-0.15, -0.1) is 11.6 Å². The molecule has 0 N–H and O–H groups in total. The van der Waals surface area contributed by atoms with Crippen LogP contribution in [0.2, 0.25) is 5.02 Å². The molecule has 0 radical (unpaired) electrons. The molecule has 2 atom stereocenters. The summed E-state index contributed by atoms with van der Waals surface area (Å²) in [6, 6.07) is 6.26. The fourth-order valence-electron chi connectivity index (χ4n) is 2.28. The Morgan fingerprint density at radius 1 is 1.33 bits per heavy atom. The van der Waals surface area contributed by atoms with Gasteiger partial charge in [0.2, 0.25) is 0 Å². The van der Waals surface area contributed by atoms with E-state index in [1.165, 1.54) is 0 Å². The van der Waals surface area contributed by atoms with E-state index in [4.69, 9.17) is 23.2 Å². The first kappa shape index (κ1) is 13.7. The van der Waals surface area contributed by atoms with E-state index in [1.807, 2.05) is 12.1 Å². The molecule has 2 nitrogen and oxygen atoms in total. The van der Waals surface area contributed by atoms with Crippen LogP contribution in [0, 0.1) is 5.92 Å². The van der Waals surface area contributed by atoms with Crippen LogP contribution < -0.4 is 0 Å². The van der Waals surface area contributed by atoms with Gasteiger partial charge in [0.15, 0.2) is 0 Å². The predicted molar refractivity (Wildman–Crippen MR) is 78.5 cm³/mol. The molecule has 98 valence electrons. The minimum absolute atomic E-state index is 0.368. The first-order valence-electron chi connectivity index (χ1n) is 6.31. The second-order valence-electron chi connectivity index (χ2n) is 4.77. The third-order valence-electron chi connectivity index (χ3n) is 3.74. The van der Waals surface area contributed by atoms with Crippen molar-refractivity contribution in [3.8, 4) is 0 Å². The highest BCUT2D eigenvalue weighted by Crippen LogP contribution is 2.31. The quantitative estimate of drug-likeness (QED) is 0.720. The van der Waals surface area contributed by atoms with Crippen molar-refractivity contribution in [1.82, 2.24) is 9.55 Å². The van der Waals surface area contributed by atoms with Crippen molar-refractivity contribution >= 4 is 34.2 Å². The normalized spacial score (nSPS) is 14.9. The van der Waals surface area contributed by atoms with Crippen LogP contribution in [0.15, 0.2) is 18.2 Å². The van der Waals surface area contributed by atoms with Gasteiger partial charge in [-0.3, -0.25) is 0 Å². The van der Waals surface area contributed by atoms with Crippen LogP contribution >= 0.6 is 23.2 Å². The third-order valence-corrected chi connectivity index (χ3v) is 4.28. The van der Waals surface area contributed by atoms with Crippen molar-refractivity contribution in [2.75, 3.05) is 0 Å². The summed E-state index contributed by atoms with van der Waals surface area (Å²) >= 11 is 12.2. The lowest BCUT2D eigenvalue weighted by atomic mass is 10.0. The van der Waals surface area contributed by atoms with Crippen molar-refractivity contribution < 1.29 is 0 Å². The number of rotatable bonds is 4. The molecule has 0 amide bonds. The first-order chi connectivity index (χ1) is 8.60. The zero-order valence-corrected chi connectivity index (χ0v) is 12.5. The van der Waals surface area contributed by atoms with Crippen LogP contribution in [0.5, 0.6) is 0 Å². The van der Waals surface area contributed by atoms with Gasteiger partial charge in [0.25, 0.3) is 0 Å². The maximum atomic E-state index is 6.20. The molecule has 1 aromatic heterocycles.